The SMILES string of the molecule is Cc1nc2c(Cl)cc(Cl)cn2c1C(=O)Nc1ccc(Br)cc1. The highest BCUT2D eigenvalue weighted by atomic mass is 79.9. The van der Waals surface area contributed by atoms with Gasteiger partial charge in [-0.3, -0.25) is 9.20 Å². The number of aryl methyl sites for hydroxylation is 1. The molecule has 1 N–H and O–H groups in total. The first-order chi connectivity index (χ1) is 10.5. The number of pyridine rings is 1. The summed E-state index contributed by atoms with van der Waals surface area (Å²) in [7, 11) is 0. The second-order valence-electron chi connectivity index (χ2n) is 4.71. The average Bonchev–Trinajstić information content (AvgIpc) is 2.78. The van der Waals surface area contributed by atoms with E-state index >= 15 is 0 Å². The normalized spacial score (nSPS) is 10.9. The molecule has 3 rings (SSSR count). The van der Waals surface area contributed by atoms with Gasteiger partial charge in [0.25, 0.3) is 5.91 Å². The van der Waals surface area contributed by atoms with Gasteiger partial charge < -0.3 is 5.32 Å². The summed E-state index contributed by atoms with van der Waals surface area (Å²) in [6.45, 7) is 1.76. The molecule has 1 amide bonds. The molecule has 3 aromatic rings. The number of carbonyl (C=O) groups excluding carboxylic acids is 1. The molecule has 0 bridgehead atoms. The van der Waals surface area contributed by atoms with Crippen LogP contribution in [0.1, 0.15) is 16.2 Å². The minimum Gasteiger partial charge on any atom is -0.321 e. The summed E-state index contributed by atoms with van der Waals surface area (Å²) in [5.41, 5.74) is 2.18. The fourth-order valence-electron chi connectivity index (χ4n) is 2.18. The van der Waals surface area contributed by atoms with Gasteiger partial charge in [0.05, 0.1) is 15.7 Å². The minimum atomic E-state index is -0.273. The molecule has 4 nitrogen and oxygen atoms in total. The number of carbonyl (C=O) groups is 1. The number of imidazole rings is 1. The van der Waals surface area contributed by atoms with Crippen molar-refractivity contribution in [1.29, 1.82) is 0 Å². The number of halogens is 3. The van der Waals surface area contributed by atoms with E-state index in [4.69, 9.17) is 23.2 Å². The number of fused-ring (bicyclic) bond motifs is 1. The van der Waals surface area contributed by atoms with Gasteiger partial charge in [0.1, 0.15) is 5.69 Å². The quantitative estimate of drug-likeness (QED) is 0.662. The first kappa shape index (κ1) is 15.3. The zero-order chi connectivity index (χ0) is 15.9. The molecular formula is C15H10BrCl2N3O. The number of nitrogens with zero attached hydrogens (tertiary/aromatic N) is 2. The van der Waals surface area contributed by atoms with Crippen molar-refractivity contribution in [2.24, 2.45) is 0 Å². The Kier molecular flexibility index (Phi) is 4.12. The van der Waals surface area contributed by atoms with Gasteiger partial charge in [-0.05, 0) is 37.3 Å². The molecule has 112 valence electrons. The summed E-state index contributed by atoms with van der Waals surface area (Å²) in [6, 6.07) is 8.91. The summed E-state index contributed by atoms with van der Waals surface area (Å²) in [6.07, 6.45) is 1.62. The van der Waals surface area contributed by atoms with Crippen molar-refractivity contribution in [3.63, 3.8) is 0 Å². The lowest BCUT2D eigenvalue weighted by Crippen LogP contribution is -2.15. The molecule has 0 aliphatic carbocycles. The summed E-state index contributed by atoms with van der Waals surface area (Å²) < 4.78 is 2.55. The maximum Gasteiger partial charge on any atom is 0.274 e. The molecule has 0 aliphatic heterocycles. The van der Waals surface area contributed by atoms with E-state index in [0.717, 1.165) is 4.47 Å². The number of aromatic nitrogens is 2. The minimum absolute atomic E-state index is 0.273. The van der Waals surface area contributed by atoms with Crippen LogP contribution in [0.5, 0.6) is 0 Å². The van der Waals surface area contributed by atoms with E-state index in [1.807, 2.05) is 12.1 Å². The Balaban J connectivity index is 2.03. The number of hydrogen-bond acceptors (Lipinski definition) is 2. The smallest absolute Gasteiger partial charge is 0.274 e. The molecule has 2 heterocycles. The zero-order valence-corrected chi connectivity index (χ0v) is 14.5. The van der Waals surface area contributed by atoms with Crippen molar-refractivity contribution >= 4 is 56.4 Å². The lowest BCUT2D eigenvalue weighted by atomic mass is 10.3. The molecule has 0 saturated heterocycles. The number of rotatable bonds is 2. The molecule has 22 heavy (non-hydrogen) atoms. The molecule has 0 spiro atoms. The number of benzene rings is 1. The van der Waals surface area contributed by atoms with Crippen LogP contribution in [0.4, 0.5) is 5.69 Å². The van der Waals surface area contributed by atoms with Gasteiger partial charge in [0.15, 0.2) is 5.65 Å². The van der Waals surface area contributed by atoms with Crippen molar-refractivity contribution in [3.8, 4) is 0 Å². The Bertz CT molecular complexity index is 875. The molecule has 0 fully saturated rings. The van der Waals surface area contributed by atoms with Gasteiger partial charge >= 0.3 is 0 Å². The standard InChI is InChI=1S/C15H10BrCl2N3O/c1-8-13(15(22)20-11-4-2-9(16)3-5-11)21-7-10(17)6-12(18)14(21)19-8/h2-7H,1H3,(H,20,22). The van der Waals surface area contributed by atoms with E-state index in [-0.39, 0.29) is 5.91 Å². The summed E-state index contributed by atoms with van der Waals surface area (Å²) in [4.78, 5) is 16.9. The topological polar surface area (TPSA) is 46.4 Å². The largest absolute Gasteiger partial charge is 0.321 e. The highest BCUT2D eigenvalue weighted by Crippen LogP contribution is 2.25. The predicted octanol–water partition coefficient (Wildman–Crippen LogP) is 4.96. The first-order valence-corrected chi connectivity index (χ1v) is 7.91. The lowest BCUT2D eigenvalue weighted by molar-refractivity contribution is 0.102. The number of nitrogens with one attached hydrogen (secondary N) is 1. The van der Waals surface area contributed by atoms with Gasteiger partial charge in [-0.1, -0.05) is 39.1 Å². The summed E-state index contributed by atoms with van der Waals surface area (Å²) in [5, 5.41) is 3.68. The van der Waals surface area contributed by atoms with Crippen LogP contribution in [-0.4, -0.2) is 15.3 Å². The van der Waals surface area contributed by atoms with Crippen LogP contribution in [0.15, 0.2) is 41.0 Å². The second-order valence-corrected chi connectivity index (χ2v) is 6.47. The average molecular weight is 399 g/mol. The third-order valence-corrected chi connectivity index (χ3v) is 4.15. The van der Waals surface area contributed by atoms with Crippen LogP contribution in [0.2, 0.25) is 10.0 Å². The molecule has 0 atom stereocenters. The molecule has 1 aromatic carbocycles. The van der Waals surface area contributed by atoms with Crippen LogP contribution in [0.3, 0.4) is 0 Å². The van der Waals surface area contributed by atoms with Crippen LogP contribution >= 0.6 is 39.1 Å². The van der Waals surface area contributed by atoms with E-state index in [2.05, 4.69) is 26.2 Å². The number of hydrogen-bond donors (Lipinski definition) is 1. The Morgan fingerprint density at radius 2 is 1.95 bits per heavy atom. The molecule has 7 heteroatoms. The van der Waals surface area contributed by atoms with Crippen LogP contribution in [-0.2, 0) is 0 Å². The van der Waals surface area contributed by atoms with Crippen molar-refractivity contribution < 1.29 is 4.79 Å². The summed E-state index contributed by atoms with van der Waals surface area (Å²) >= 11 is 15.5. The van der Waals surface area contributed by atoms with E-state index in [1.54, 1.807) is 35.7 Å². The van der Waals surface area contributed by atoms with Crippen molar-refractivity contribution in [1.82, 2.24) is 9.38 Å². The molecular weight excluding hydrogens is 389 g/mol. The lowest BCUT2D eigenvalue weighted by Gasteiger charge is -2.07. The van der Waals surface area contributed by atoms with Crippen LogP contribution in [0, 0.1) is 6.92 Å². The predicted molar refractivity (Wildman–Crippen MR) is 92.0 cm³/mol. The third kappa shape index (κ3) is 2.84. The first-order valence-electron chi connectivity index (χ1n) is 6.36. The maximum absolute atomic E-state index is 12.5. The Morgan fingerprint density at radius 1 is 1.27 bits per heavy atom. The number of amides is 1. The monoisotopic (exact) mass is 397 g/mol. The number of anilines is 1. The van der Waals surface area contributed by atoms with E-state index in [0.29, 0.717) is 32.8 Å². The van der Waals surface area contributed by atoms with Gasteiger partial charge in [-0.25, -0.2) is 4.98 Å². The zero-order valence-electron chi connectivity index (χ0n) is 11.4. The Labute approximate surface area is 145 Å². The van der Waals surface area contributed by atoms with Crippen LogP contribution < -0.4 is 5.32 Å². The molecule has 2 aromatic heterocycles. The fourth-order valence-corrected chi connectivity index (χ4v) is 2.96. The van der Waals surface area contributed by atoms with Crippen LogP contribution in [0.25, 0.3) is 5.65 Å². The maximum atomic E-state index is 12.5. The highest BCUT2D eigenvalue weighted by molar-refractivity contribution is 9.10. The Hall–Kier alpha value is -1.56. The third-order valence-electron chi connectivity index (χ3n) is 3.13. The van der Waals surface area contributed by atoms with Gasteiger partial charge in [-0.2, -0.15) is 0 Å². The van der Waals surface area contributed by atoms with Crippen molar-refractivity contribution in [2.45, 2.75) is 6.92 Å². The van der Waals surface area contributed by atoms with Crippen molar-refractivity contribution in [2.75, 3.05) is 5.32 Å². The summed E-state index contributed by atoms with van der Waals surface area (Å²) in [5.74, 6) is -0.273. The second kappa shape index (κ2) is 5.91. The molecule has 0 saturated carbocycles. The van der Waals surface area contributed by atoms with E-state index in [1.165, 1.54) is 0 Å². The van der Waals surface area contributed by atoms with E-state index < -0.39 is 0 Å². The van der Waals surface area contributed by atoms with Gasteiger partial charge in [0, 0.05) is 16.4 Å². The van der Waals surface area contributed by atoms with Gasteiger partial charge in [0.2, 0.25) is 0 Å². The Morgan fingerprint density at radius 3 is 2.64 bits per heavy atom. The fraction of sp³-hybridized carbons (Fsp3) is 0.0667. The van der Waals surface area contributed by atoms with E-state index in [9.17, 15) is 4.79 Å². The van der Waals surface area contributed by atoms with Crippen molar-refractivity contribution in [3.05, 3.63) is 62.4 Å². The van der Waals surface area contributed by atoms with Gasteiger partial charge in [-0.15, -0.1) is 0 Å². The molecule has 0 aliphatic rings. The molecule has 0 unspecified atom stereocenters. The molecule has 0 radical (unpaired) electrons. The highest BCUT2D eigenvalue weighted by Gasteiger charge is 2.18.